The molecule has 1 amide bonds. The molecule has 6 heteroatoms. The molecule has 1 fully saturated rings. The number of carbonyl (C=O) groups is 1. The first-order valence-corrected chi connectivity index (χ1v) is 10.1. The fourth-order valence-corrected chi connectivity index (χ4v) is 5.49. The van der Waals surface area contributed by atoms with Crippen LogP contribution in [-0.2, 0) is 27.6 Å². The van der Waals surface area contributed by atoms with Gasteiger partial charge < -0.3 is 9.80 Å². The Morgan fingerprint density at radius 1 is 1.30 bits per heavy atom. The van der Waals surface area contributed by atoms with E-state index in [4.69, 9.17) is 0 Å². The van der Waals surface area contributed by atoms with Crippen LogP contribution < -0.4 is 4.90 Å². The number of hydrogen-bond acceptors (Lipinski definition) is 3. The minimum Gasteiger partial charge on any atom is -0.337 e. The second-order valence-corrected chi connectivity index (χ2v) is 9.06. The third-order valence-electron chi connectivity index (χ3n) is 5.34. The molecule has 0 aliphatic carbocycles. The minimum absolute atomic E-state index is 0.0569. The highest BCUT2D eigenvalue weighted by Gasteiger charge is 2.37. The molecule has 1 aromatic carbocycles. The minimum atomic E-state index is -2.97. The maximum Gasteiger partial charge on any atom is 0.280 e. The Morgan fingerprint density at radius 3 is 2.65 bits per heavy atom. The van der Waals surface area contributed by atoms with E-state index in [-0.39, 0.29) is 29.5 Å². The topological polar surface area (TPSA) is 58.9 Å². The van der Waals surface area contributed by atoms with Crippen LogP contribution in [0.15, 0.2) is 24.3 Å². The first-order chi connectivity index (χ1) is 10.9. The molecule has 5 nitrogen and oxygen atoms in total. The van der Waals surface area contributed by atoms with E-state index in [9.17, 15) is 13.2 Å². The summed E-state index contributed by atoms with van der Waals surface area (Å²) in [5.41, 5.74) is 2.70. The number of likely N-dealkylation sites (N-methyl/N-ethyl adjacent to an activating group) is 1. The van der Waals surface area contributed by atoms with Gasteiger partial charge in [-0.3, -0.25) is 4.79 Å². The molecule has 126 valence electrons. The summed E-state index contributed by atoms with van der Waals surface area (Å²) in [6.45, 7) is 3.77. The van der Waals surface area contributed by atoms with Crippen molar-refractivity contribution >= 4 is 15.7 Å². The van der Waals surface area contributed by atoms with Crippen LogP contribution in [-0.4, -0.2) is 56.4 Å². The van der Waals surface area contributed by atoms with Crippen molar-refractivity contribution < 1.29 is 18.1 Å². The number of carbonyl (C=O) groups excluding carboxylic acids is 1. The van der Waals surface area contributed by atoms with Gasteiger partial charge in [-0.1, -0.05) is 24.3 Å². The van der Waals surface area contributed by atoms with E-state index in [0.717, 1.165) is 19.5 Å². The standard InChI is InChI=1S/C17H24N2O3S/c1-13(17(20)18(2)16-8-10-23(21,22)12-16)19-9-7-14-5-3-4-6-15(14)11-19/h3-6,13,16H,7-12H2,1-2H3/p+1/t13-,16+/m0/s1. The highest BCUT2D eigenvalue weighted by molar-refractivity contribution is 7.91. The molecule has 1 unspecified atom stereocenters. The Kier molecular flexibility index (Phi) is 4.47. The molecule has 1 N–H and O–H groups in total. The van der Waals surface area contributed by atoms with E-state index in [0.29, 0.717) is 6.42 Å². The van der Waals surface area contributed by atoms with Crippen molar-refractivity contribution in [3.8, 4) is 0 Å². The van der Waals surface area contributed by atoms with Gasteiger partial charge in [0.1, 0.15) is 6.54 Å². The summed E-state index contributed by atoms with van der Waals surface area (Å²) in [6.07, 6.45) is 1.56. The smallest absolute Gasteiger partial charge is 0.280 e. The highest BCUT2D eigenvalue weighted by atomic mass is 32.2. The van der Waals surface area contributed by atoms with Gasteiger partial charge in [0.25, 0.3) is 5.91 Å². The number of rotatable bonds is 3. The largest absolute Gasteiger partial charge is 0.337 e. The van der Waals surface area contributed by atoms with Crippen molar-refractivity contribution in [1.29, 1.82) is 0 Å². The molecule has 0 spiro atoms. The van der Waals surface area contributed by atoms with E-state index in [1.807, 2.05) is 13.0 Å². The summed E-state index contributed by atoms with van der Waals surface area (Å²) in [5, 5.41) is 0. The number of hydrogen-bond donors (Lipinski definition) is 1. The number of benzene rings is 1. The summed E-state index contributed by atoms with van der Waals surface area (Å²) in [6, 6.07) is 8.10. The van der Waals surface area contributed by atoms with E-state index in [2.05, 4.69) is 18.2 Å². The number of sulfone groups is 1. The van der Waals surface area contributed by atoms with Crippen molar-refractivity contribution in [2.75, 3.05) is 25.1 Å². The first-order valence-electron chi connectivity index (χ1n) is 8.26. The van der Waals surface area contributed by atoms with E-state index < -0.39 is 9.84 Å². The van der Waals surface area contributed by atoms with Crippen LogP contribution in [0.4, 0.5) is 0 Å². The van der Waals surface area contributed by atoms with Crippen LogP contribution in [0.3, 0.4) is 0 Å². The molecule has 0 bridgehead atoms. The third-order valence-corrected chi connectivity index (χ3v) is 7.09. The van der Waals surface area contributed by atoms with Crippen molar-refractivity contribution in [1.82, 2.24) is 4.90 Å². The van der Waals surface area contributed by atoms with Gasteiger partial charge in [0.05, 0.1) is 18.1 Å². The number of quaternary nitrogens is 1. The lowest BCUT2D eigenvalue weighted by molar-refractivity contribution is -0.930. The molecule has 0 saturated carbocycles. The molecule has 2 aliphatic rings. The molecular formula is C17H25N2O3S+. The quantitative estimate of drug-likeness (QED) is 0.821. The lowest BCUT2D eigenvalue weighted by Crippen LogP contribution is -3.16. The summed E-state index contributed by atoms with van der Waals surface area (Å²) < 4.78 is 23.3. The molecule has 3 atom stereocenters. The Morgan fingerprint density at radius 2 is 2.00 bits per heavy atom. The Hall–Kier alpha value is -1.40. The molecule has 2 heterocycles. The van der Waals surface area contributed by atoms with Crippen LogP contribution in [0.2, 0.25) is 0 Å². The van der Waals surface area contributed by atoms with Crippen molar-refractivity contribution in [2.45, 2.75) is 38.4 Å². The third kappa shape index (κ3) is 3.43. The van der Waals surface area contributed by atoms with Gasteiger partial charge in [-0.15, -0.1) is 0 Å². The van der Waals surface area contributed by atoms with Gasteiger partial charge >= 0.3 is 0 Å². The molecule has 0 radical (unpaired) electrons. The number of amides is 1. The average molecular weight is 337 g/mol. The van der Waals surface area contributed by atoms with Gasteiger partial charge in [0, 0.05) is 25.1 Å². The van der Waals surface area contributed by atoms with Crippen molar-refractivity contribution in [3.63, 3.8) is 0 Å². The van der Waals surface area contributed by atoms with Gasteiger partial charge in [0.15, 0.2) is 15.9 Å². The second-order valence-electron chi connectivity index (χ2n) is 6.83. The van der Waals surface area contributed by atoms with Crippen molar-refractivity contribution in [3.05, 3.63) is 35.4 Å². The summed E-state index contributed by atoms with van der Waals surface area (Å²) in [4.78, 5) is 15.7. The average Bonchev–Trinajstić information content (AvgIpc) is 2.92. The fraction of sp³-hybridized carbons (Fsp3) is 0.588. The van der Waals surface area contributed by atoms with Crippen LogP contribution in [0, 0.1) is 0 Å². The zero-order valence-corrected chi connectivity index (χ0v) is 14.6. The Bertz CT molecular complexity index is 702. The SMILES string of the molecule is C[C@@H](C(=O)N(C)[C@@H]1CCS(=O)(=O)C1)[NH+]1CCc2ccccc2C1. The van der Waals surface area contributed by atoms with Crippen LogP contribution in [0.25, 0.3) is 0 Å². The van der Waals surface area contributed by atoms with Gasteiger partial charge in [0.2, 0.25) is 0 Å². The predicted molar refractivity (Wildman–Crippen MR) is 89.0 cm³/mol. The normalized spacial score (nSPS) is 27.2. The molecule has 1 saturated heterocycles. The molecule has 3 rings (SSSR count). The summed E-state index contributed by atoms with van der Waals surface area (Å²) in [5.74, 6) is 0.370. The van der Waals surface area contributed by atoms with E-state index in [1.165, 1.54) is 16.0 Å². The molecular weight excluding hydrogens is 312 g/mol. The first kappa shape index (κ1) is 16.5. The Balaban J connectivity index is 1.66. The summed E-state index contributed by atoms with van der Waals surface area (Å²) in [7, 11) is -1.21. The fourth-order valence-electron chi connectivity index (χ4n) is 3.71. The molecule has 1 aromatic rings. The lowest BCUT2D eigenvalue weighted by atomic mass is 9.98. The monoisotopic (exact) mass is 337 g/mol. The number of nitrogens with zero attached hydrogens (tertiary/aromatic N) is 1. The van der Waals surface area contributed by atoms with Crippen LogP contribution in [0.1, 0.15) is 24.5 Å². The van der Waals surface area contributed by atoms with Gasteiger partial charge in [-0.25, -0.2) is 8.42 Å². The highest BCUT2D eigenvalue weighted by Crippen LogP contribution is 2.17. The second kappa shape index (κ2) is 6.24. The van der Waals surface area contributed by atoms with Crippen LogP contribution in [0.5, 0.6) is 0 Å². The predicted octanol–water partition coefficient (Wildman–Crippen LogP) is -0.338. The number of nitrogens with one attached hydrogen (secondary N) is 1. The lowest BCUT2D eigenvalue weighted by Gasteiger charge is -2.33. The zero-order valence-electron chi connectivity index (χ0n) is 13.8. The maximum atomic E-state index is 12.8. The maximum absolute atomic E-state index is 12.8. The molecule has 2 aliphatic heterocycles. The molecule has 23 heavy (non-hydrogen) atoms. The number of fused-ring (bicyclic) bond motifs is 1. The van der Waals surface area contributed by atoms with Crippen molar-refractivity contribution in [2.24, 2.45) is 0 Å². The summed E-state index contributed by atoms with van der Waals surface area (Å²) >= 11 is 0. The zero-order chi connectivity index (χ0) is 16.6. The van der Waals surface area contributed by atoms with E-state index in [1.54, 1.807) is 11.9 Å². The van der Waals surface area contributed by atoms with Gasteiger partial charge in [-0.05, 0) is 18.9 Å². The van der Waals surface area contributed by atoms with Crippen LogP contribution >= 0.6 is 0 Å². The molecule has 0 aromatic heterocycles. The van der Waals surface area contributed by atoms with E-state index >= 15 is 0 Å². The van der Waals surface area contributed by atoms with Gasteiger partial charge in [-0.2, -0.15) is 0 Å². The Labute approximate surface area is 138 Å².